The number of guanidine groups is 1. The Kier molecular flexibility index (Phi) is 12.1. The van der Waals surface area contributed by atoms with Crippen LogP contribution in [-0.4, -0.2) is 54.9 Å². The molecule has 0 radical (unpaired) electrons. The van der Waals surface area contributed by atoms with Crippen molar-refractivity contribution in [3.05, 3.63) is 76.1 Å². The van der Waals surface area contributed by atoms with Crippen molar-refractivity contribution in [2.24, 2.45) is 16.5 Å². The van der Waals surface area contributed by atoms with E-state index < -0.39 is 29.5 Å². The first-order chi connectivity index (χ1) is 20.2. The number of carbonyl (C=O) groups is 3. The number of hydrogen-bond donors (Lipinski definition) is 6. The Bertz CT molecular complexity index is 1500. The van der Waals surface area contributed by atoms with Crippen LogP contribution in [0, 0.1) is 6.92 Å². The molecule has 13 heteroatoms. The third-order valence-corrected chi connectivity index (χ3v) is 7.09. The number of aryl methyl sites for hydroxylation is 1. The lowest BCUT2D eigenvalue weighted by molar-refractivity contribution is -0.131. The maximum atomic E-state index is 13.6. The number of benzene rings is 2. The van der Waals surface area contributed by atoms with Gasteiger partial charge in [0.1, 0.15) is 17.7 Å². The van der Waals surface area contributed by atoms with Gasteiger partial charge in [0.25, 0.3) is 0 Å². The first-order valence-electron chi connectivity index (χ1n) is 14.0. The number of rotatable bonds is 12. The zero-order chi connectivity index (χ0) is 30.1. The highest BCUT2D eigenvalue weighted by atomic mass is 35.5. The van der Waals surface area contributed by atoms with Crippen LogP contribution in [0.2, 0.25) is 0 Å². The topological polar surface area (TPSA) is 194 Å². The Labute approximate surface area is 255 Å². The van der Waals surface area contributed by atoms with Crippen LogP contribution >= 0.6 is 12.4 Å². The zero-order valence-corrected chi connectivity index (χ0v) is 24.7. The Morgan fingerprint density at radius 3 is 2.51 bits per heavy atom. The normalized spacial score (nSPS) is 15.5. The van der Waals surface area contributed by atoms with Crippen LogP contribution in [0.1, 0.15) is 36.8 Å². The van der Waals surface area contributed by atoms with E-state index in [0.29, 0.717) is 24.1 Å². The van der Waals surface area contributed by atoms with Crippen molar-refractivity contribution in [2.45, 2.75) is 57.2 Å². The van der Waals surface area contributed by atoms with Crippen LogP contribution in [0.4, 0.5) is 5.69 Å². The van der Waals surface area contributed by atoms with Gasteiger partial charge in [-0.15, -0.1) is 12.4 Å². The van der Waals surface area contributed by atoms with Crippen LogP contribution in [0.5, 0.6) is 0 Å². The van der Waals surface area contributed by atoms with Gasteiger partial charge in [0, 0.05) is 36.2 Å². The van der Waals surface area contributed by atoms with E-state index in [9.17, 15) is 19.2 Å². The van der Waals surface area contributed by atoms with Gasteiger partial charge < -0.3 is 37.2 Å². The van der Waals surface area contributed by atoms with E-state index in [4.69, 9.17) is 15.9 Å². The number of carbonyl (C=O) groups excluding carboxylic acids is 3. The van der Waals surface area contributed by atoms with Crippen molar-refractivity contribution in [3.63, 3.8) is 0 Å². The fourth-order valence-corrected chi connectivity index (χ4v) is 4.92. The van der Waals surface area contributed by atoms with Gasteiger partial charge in [-0.1, -0.05) is 30.3 Å². The first kappa shape index (κ1) is 33.1. The molecular formula is C30H38ClN7O5. The van der Waals surface area contributed by atoms with E-state index in [1.807, 2.05) is 30.3 Å². The SMILES string of the molecule is Cc1cc(=O)oc2cc(NC(=O)C(CCCN=C(N)N)NC(=O)C(Cc3ccccc3)NC(=O)C3CCCN3)ccc12.Cl. The van der Waals surface area contributed by atoms with Crippen LogP contribution in [-0.2, 0) is 20.8 Å². The predicted octanol–water partition coefficient (Wildman–Crippen LogP) is 1.48. The van der Waals surface area contributed by atoms with Gasteiger partial charge in [-0.3, -0.25) is 19.4 Å². The minimum atomic E-state index is -0.966. The molecular weight excluding hydrogens is 574 g/mol. The minimum Gasteiger partial charge on any atom is -0.423 e. The quantitative estimate of drug-likeness (QED) is 0.0767. The second-order valence-electron chi connectivity index (χ2n) is 10.4. The second-order valence-corrected chi connectivity index (χ2v) is 10.4. The molecule has 3 unspecified atom stereocenters. The number of nitrogens with one attached hydrogen (secondary N) is 4. The Morgan fingerprint density at radius 1 is 1.05 bits per heavy atom. The van der Waals surface area contributed by atoms with E-state index in [0.717, 1.165) is 29.5 Å². The summed E-state index contributed by atoms with van der Waals surface area (Å²) in [6, 6.07) is 13.5. The van der Waals surface area contributed by atoms with E-state index in [1.54, 1.807) is 25.1 Å². The molecule has 1 saturated heterocycles. The lowest BCUT2D eigenvalue weighted by Gasteiger charge is -2.24. The number of fused-ring (bicyclic) bond motifs is 1. The van der Waals surface area contributed by atoms with E-state index >= 15 is 0 Å². The monoisotopic (exact) mass is 611 g/mol. The third kappa shape index (κ3) is 9.55. The lowest BCUT2D eigenvalue weighted by atomic mass is 10.0. The maximum absolute atomic E-state index is 13.6. The summed E-state index contributed by atoms with van der Waals surface area (Å²) >= 11 is 0. The van der Waals surface area contributed by atoms with Crippen molar-refractivity contribution in [3.8, 4) is 0 Å². The van der Waals surface area contributed by atoms with Crippen molar-refractivity contribution in [2.75, 3.05) is 18.4 Å². The molecule has 4 rings (SSSR count). The molecule has 1 aliphatic rings. The lowest BCUT2D eigenvalue weighted by Crippen LogP contribution is -2.55. The Morgan fingerprint density at radius 2 is 1.81 bits per heavy atom. The summed E-state index contributed by atoms with van der Waals surface area (Å²) in [4.78, 5) is 55.8. The smallest absolute Gasteiger partial charge is 0.336 e. The number of nitrogens with zero attached hydrogens (tertiary/aromatic N) is 1. The Balaban J connectivity index is 0.00000506. The minimum absolute atomic E-state index is 0. The summed E-state index contributed by atoms with van der Waals surface area (Å²) in [6.07, 6.45) is 2.45. The molecule has 0 saturated carbocycles. The van der Waals surface area contributed by atoms with Crippen molar-refractivity contribution in [1.29, 1.82) is 0 Å². The zero-order valence-electron chi connectivity index (χ0n) is 23.9. The molecule has 0 bridgehead atoms. The fraction of sp³-hybridized carbons (Fsp3) is 0.367. The highest BCUT2D eigenvalue weighted by molar-refractivity contribution is 5.99. The van der Waals surface area contributed by atoms with Crippen molar-refractivity contribution < 1.29 is 18.8 Å². The maximum Gasteiger partial charge on any atom is 0.336 e. The molecule has 1 aromatic heterocycles. The summed E-state index contributed by atoms with van der Waals surface area (Å²) in [5.74, 6) is -1.30. The molecule has 0 spiro atoms. The van der Waals surface area contributed by atoms with Gasteiger partial charge in [-0.05, 0) is 62.4 Å². The number of anilines is 1. The van der Waals surface area contributed by atoms with Crippen molar-refractivity contribution in [1.82, 2.24) is 16.0 Å². The van der Waals surface area contributed by atoms with Gasteiger partial charge in [0.2, 0.25) is 17.7 Å². The average molecular weight is 612 g/mol. The van der Waals surface area contributed by atoms with Crippen molar-refractivity contribution >= 4 is 52.7 Å². The molecule has 1 fully saturated rings. The van der Waals surface area contributed by atoms with E-state index in [2.05, 4.69) is 26.3 Å². The molecule has 12 nitrogen and oxygen atoms in total. The Hall–Kier alpha value is -4.42. The molecule has 2 aromatic carbocycles. The fourth-order valence-electron chi connectivity index (χ4n) is 4.92. The summed E-state index contributed by atoms with van der Waals surface area (Å²) < 4.78 is 5.30. The summed E-state index contributed by atoms with van der Waals surface area (Å²) in [5, 5.41) is 12.4. The first-order valence-corrected chi connectivity index (χ1v) is 14.0. The number of halogens is 1. The molecule has 43 heavy (non-hydrogen) atoms. The molecule has 3 amide bonds. The van der Waals surface area contributed by atoms with Gasteiger partial charge in [0.05, 0.1) is 6.04 Å². The highest BCUT2D eigenvalue weighted by Crippen LogP contribution is 2.21. The van der Waals surface area contributed by atoms with Crippen LogP contribution in [0.15, 0.2) is 68.8 Å². The summed E-state index contributed by atoms with van der Waals surface area (Å²) in [5.41, 5.74) is 12.7. The largest absolute Gasteiger partial charge is 0.423 e. The third-order valence-electron chi connectivity index (χ3n) is 7.09. The molecule has 1 aliphatic heterocycles. The molecule has 3 atom stereocenters. The van der Waals surface area contributed by atoms with Crippen LogP contribution in [0.25, 0.3) is 11.0 Å². The number of amides is 3. The summed E-state index contributed by atoms with van der Waals surface area (Å²) in [6.45, 7) is 2.80. The standard InChI is InChI=1S/C30H37N7O5.ClH/c1-18-15-26(38)42-25-17-20(11-12-21(18)25)35-28(40)23(10-6-14-34-30(31)32)36-29(41)24(16-19-7-3-2-4-8-19)37-27(39)22-9-5-13-33-22;/h2-4,7-8,11-12,15,17,22-24,33H,5-6,9-10,13-14,16H2,1H3,(H,35,40)(H,36,41)(H,37,39)(H4,31,32,34);1H. The predicted molar refractivity (Wildman–Crippen MR) is 168 cm³/mol. The van der Waals surface area contributed by atoms with Gasteiger partial charge in [0.15, 0.2) is 5.96 Å². The van der Waals surface area contributed by atoms with Gasteiger partial charge >= 0.3 is 5.63 Å². The van der Waals surface area contributed by atoms with E-state index in [-0.39, 0.29) is 49.7 Å². The van der Waals surface area contributed by atoms with E-state index in [1.165, 1.54) is 6.07 Å². The summed E-state index contributed by atoms with van der Waals surface area (Å²) in [7, 11) is 0. The number of nitrogens with two attached hydrogens (primary N) is 2. The van der Waals surface area contributed by atoms with Crippen LogP contribution in [0.3, 0.4) is 0 Å². The van der Waals surface area contributed by atoms with Gasteiger partial charge in [-0.25, -0.2) is 4.79 Å². The van der Waals surface area contributed by atoms with Gasteiger partial charge in [-0.2, -0.15) is 0 Å². The second kappa shape index (κ2) is 15.7. The molecule has 8 N–H and O–H groups in total. The molecule has 0 aliphatic carbocycles. The number of aliphatic imine (C=N–C) groups is 1. The average Bonchev–Trinajstić information content (AvgIpc) is 3.50. The molecule has 230 valence electrons. The number of hydrogen-bond acceptors (Lipinski definition) is 7. The highest BCUT2D eigenvalue weighted by Gasteiger charge is 2.30. The molecule has 2 heterocycles. The molecule has 3 aromatic rings. The van der Waals surface area contributed by atoms with Crippen LogP contribution < -0.4 is 38.4 Å².